The summed E-state index contributed by atoms with van der Waals surface area (Å²) in [4.78, 5) is 31.8. The van der Waals surface area contributed by atoms with Crippen LogP contribution in [-0.2, 0) is 30.4 Å². The van der Waals surface area contributed by atoms with Gasteiger partial charge >= 0.3 is 0 Å². The standard InChI is InChI=1S/3C8H8O4S.C6H6O3/c3*1-6(9)7-2-4-8(5-3-7)13(10,11)12;7-4-2-1-3-5(8)6(4)9/h3*2-5H,1H3,(H,10,11,12);1-3,7-9H. The van der Waals surface area contributed by atoms with Crippen LogP contribution in [0.25, 0.3) is 0 Å². The van der Waals surface area contributed by atoms with E-state index >= 15 is 0 Å². The normalized spacial score (nSPS) is 10.9. The van der Waals surface area contributed by atoms with Crippen LogP contribution in [-0.4, -0.2) is 71.6 Å². The van der Waals surface area contributed by atoms with Gasteiger partial charge in [-0.1, -0.05) is 42.5 Å². The van der Waals surface area contributed by atoms with Crippen LogP contribution in [0.1, 0.15) is 51.8 Å². The number of aromatic hydroxyl groups is 3. The van der Waals surface area contributed by atoms with E-state index in [0.717, 1.165) is 0 Å². The minimum atomic E-state index is -4.16. The molecule has 0 unspecified atom stereocenters. The van der Waals surface area contributed by atoms with Crippen molar-refractivity contribution in [1.29, 1.82) is 0 Å². The van der Waals surface area contributed by atoms with E-state index in [1.807, 2.05) is 0 Å². The van der Waals surface area contributed by atoms with Crippen molar-refractivity contribution in [2.45, 2.75) is 35.5 Å². The lowest BCUT2D eigenvalue weighted by atomic mass is 10.2. The Morgan fingerprint density at radius 2 is 0.625 bits per heavy atom. The highest BCUT2D eigenvalue weighted by Crippen LogP contribution is 2.32. The fraction of sp³-hybridized carbons (Fsp3) is 0.100. The van der Waals surface area contributed by atoms with Gasteiger partial charge in [0.05, 0.1) is 14.7 Å². The molecule has 0 heterocycles. The Bertz CT molecular complexity index is 1850. The first-order valence-corrected chi connectivity index (χ1v) is 17.2. The summed E-state index contributed by atoms with van der Waals surface area (Å²) < 4.78 is 89.3. The molecule has 6 N–H and O–H groups in total. The summed E-state index contributed by atoms with van der Waals surface area (Å²) in [6, 6.07) is 19.2. The van der Waals surface area contributed by atoms with Gasteiger partial charge in [0, 0.05) is 16.7 Å². The number of para-hydroxylation sites is 1. The zero-order valence-electron chi connectivity index (χ0n) is 25.2. The first-order chi connectivity index (χ1) is 21.9. The molecule has 0 aliphatic rings. The van der Waals surface area contributed by atoms with Gasteiger partial charge in [-0.05, 0) is 69.3 Å². The second-order valence-electron chi connectivity index (χ2n) is 9.31. The number of Topliss-reactive ketones (excluding diaryl/α,β-unsaturated/α-hetero) is 3. The van der Waals surface area contributed by atoms with Gasteiger partial charge in [0.1, 0.15) is 0 Å². The summed E-state index contributed by atoms with van der Waals surface area (Å²) in [5.41, 5.74) is 1.23. The Morgan fingerprint density at radius 3 is 0.771 bits per heavy atom. The Labute approximate surface area is 276 Å². The quantitative estimate of drug-likeness (QED) is 0.0922. The highest BCUT2D eigenvalue weighted by molar-refractivity contribution is 7.86. The lowest BCUT2D eigenvalue weighted by Crippen LogP contribution is -1.99. The van der Waals surface area contributed by atoms with Crippen LogP contribution in [0.3, 0.4) is 0 Å². The van der Waals surface area contributed by atoms with Crippen molar-refractivity contribution in [1.82, 2.24) is 0 Å². The molecule has 4 rings (SSSR count). The highest BCUT2D eigenvalue weighted by Gasteiger charge is 2.11. The maximum atomic E-state index is 10.8. The fourth-order valence-corrected chi connectivity index (χ4v) is 4.54. The van der Waals surface area contributed by atoms with E-state index in [0.29, 0.717) is 16.7 Å². The third-order valence-electron chi connectivity index (χ3n) is 5.67. The smallest absolute Gasteiger partial charge is 0.294 e. The number of hydrogen-bond acceptors (Lipinski definition) is 12. The van der Waals surface area contributed by atoms with Crippen molar-refractivity contribution in [3.8, 4) is 17.2 Å². The van der Waals surface area contributed by atoms with Gasteiger partial charge in [0.25, 0.3) is 30.4 Å². The van der Waals surface area contributed by atoms with E-state index in [2.05, 4.69) is 0 Å². The first-order valence-electron chi connectivity index (χ1n) is 12.9. The Hall–Kier alpha value is -4.98. The van der Waals surface area contributed by atoms with Gasteiger partial charge in [-0.15, -0.1) is 0 Å². The van der Waals surface area contributed by atoms with E-state index in [1.165, 1.54) is 112 Å². The second-order valence-corrected chi connectivity index (χ2v) is 13.6. The summed E-state index contributed by atoms with van der Waals surface area (Å²) in [6.45, 7) is 4.13. The van der Waals surface area contributed by atoms with Gasteiger partial charge in [-0.2, -0.15) is 25.3 Å². The van der Waals surface area contributed by atoms with Gasteiger partial charge in [-0.3, -0.25) is 28.0 Å². The van der Waals surface area contributed by atoms with Gasteiger partial charge < -0.3 is 15.3 Å². The number of carbonyl (C=O) groups is 3. The topological polar surface area (TPSA) is 275 Å². The van der Waals surface area contributed by atoms with Gasteiger partial charge in [0.2, 0.25) is 0 Å². The number of phenolic OH excluding ortho intramolecular Hbond substituents is 3. The van der Waals surface area contributed by atoms with Crippen molar-refractivity contribution in [2.75, 3.05) is 0 Å². The fourth-order valence-electron chi connectivity index (χ4n) is 3.10. The number of benzene rings is 4. The molecule has 0 atom stereocenters. The number of hydrogen-bond donors (Lipinski definition) is 6. The van der Waals surface area contributed by atoms with Crippen LogP contribution in [0.15, 0.2) is 106 Å². The van der Waals surface area contributed by atoms with Gasteiger partial charge in [-0.25, -0.2) is 0 Å². The van der Waals surface area contributed by atoms with E-state index in [-0.39, 0.29) is 43.5 Å². The molecule has 4 aromatic rings. The third kappa shape index (κ3) is 13.8. The molecule has 0 aliphatic carbocycles. The Balaban J connectivity index is 0.000000323. The average Bonchev–Trinajstić information content (AvgIpc) is 2.99. The van der Waals surface area contributed by atoms with E-state index in [4.69, 9.17) is 29.0 Å². The van der Waals surface area contributed by atoms with E-state index < -0.39 is 36.1 Å². The molecule has 0 aromatic heterocycles. The zero-order valence-corrected chi connectivity index (χ0v) is 27.7. The maximum absolute atomic E-state index is 10.8. The molecule has 0 fully saturated rings. The molecular formula is C30H30O15S3. The molecule has 0 bridgehead atoms. The van der Waals surface area contributed by atoms with E-state index in [9.17, 15) is 39.6 Å². The first kappa shape index (κ1) is 41.0. The summed E-state index contributed by atoms with van der Waals surface area (Å²) in [5, 5.41) is 26.1. The van der Waals surface area contributed by atoms with Crippen molar-refractivity contribution in [2.24, 2.45) is 0 Å². The van der Waals surface area contributed by atoms with Crippen LogP contribution >= 0.6 is 0 Å². The number of ketones is 3. The lowest BCUT2D eigenvalue weighted by molar-refractivity contribution is 0.100. The van der Waals surface area contributed by atoms with E-state index in [1.54, 1.807) is 0 Å². The minimum Gasteiger partial charge on any atom is -0.504 e. The Kier molecular flexibility index (Phi) is 14.8. The average molecular weight is 727 g/mol. The van der Waals surface area contributed by atoms with Crippen LogP contribution < -0.4 is 0 Å². The predicted octanol–water partition coefficient (Wildman–Crippen LogP) is 4.21. The molecular weight excluding hydrogens is 697 g/mol. The summed E-state index contributed by atoms with van der Waals surface area (Å²) >= 11 is 0. The zero-order chi connectivity index (χ0) is 37.0. The third-order valence-corrected chi connectivity index (χ3v) is 8.27. The Morgan fingerprint density at radius 1 is 0.417 bits per heavy atom. The van der Waals surface area contributed by atoms with Crippen LogP contribution in [0.4, 0.5) is 0 Å². The molecule has 0 saturated carbocycles. The molecule has 0 radical (unpaired) electrons. The highest BCUT2D eigenvalue weighted by atomic mass is 32.2. The summed E-state index contributed by atoms with van der Waals surface area (Å²) in [6.07, 6.45) is 0. The molecule has 48 heavy (non-hydrogen) atoms. The van der Waals surface area contributed by atoms with Crippen molar-refractivity contribution >= 4 is 47.7 Å². The molecule has 0 aliphatic heterocycles. The molecule has 0 amide bonds. The van der Waals surface area contributed by atoms with Crippen LogP contribution in [0.2, 0.25) is 0 Å². The molecule has 0 spiro atoms. The second kappa shape index (κ2) is 17.3. The molecule has 15 nitrogen and oxygen atoms in total. The summed E-state index contributed by atoms with van der Waals surface area (Å²) in [7, 11) is -12.5. The maximum Gasteiger partial charge on any atom is 0.294 e. The SMILES string of the molecule is CC(=O)c1ccc(S(=O)(=O)O)cc1.CC(=O)c1ccc(S(=O)(=O)O)cc1.CC(=O)c1ccc(S(=O)(=O)O)cc1.Oc1cccc(O)c1O. The monoisotopic (exact) mass is 726 g/mol. The number of carbonyl (C=O) groups excluding carboxylic acids is 3. The van der Waals surface area contributed by atoms with Crippen LogP contribution in [0, 0.1) is 0 Å². The van der Waals surface area contributed by atoms with Crippen molar-refractivity contribution in [3.05, 3.63) is 108 Å². The largest absolute Gasteiger partial charge is 0.504 e. The number of rotatable bonds is 6. The van der Waals surface area contributed by atoms with Crippen LogP contribution in [0.5, 0.6) is 17.2 Å². The van der Waals surface area contributed by atoms with Crippen molar-refractivity contribution in [3.63, 3.8) is 0 Å². The molecule has 18 heteroatoms. The van der Waals surface area contributed by atoms with Crippen molar-refractivity contribution < 1.29 is 68.6 Å². The predicted molar refractivity (Wildman–Crippen MR) is 170 cm³/mol. The summed E-state index contributed by atoms with van der Waals surface area (Å²) in [5.74, 6) is -1.55. The molecule has 4 aromatic carbocycles. The molecule has 258 valence electrons. The van der Waals surface area contributed by atoms with Gasteiger partial charge in [0.15, 0.2) is 34.6 Å². The lowest BCUT2D eigenvalue weighted by Gasteiger charge is -1.97. The minimum absolute atomic E-state index is 0.151. The number of phenols is 3. The molecule has 0 saturated heterocycles.